The van der Waals surface area contributed by atoms with Gasteiger partial charge in [0.15, 0.2) is 0 Å². The van der Waals surface area contributed by atoms with Crippen LogP contribution in [0.1, 0.15) is 56.9 Å². The molecule has 6 rings (SSSR count). The normalized spacial score (nSPS) is 22.8. The number of hydrogen-bond acceptors (Lipinski definition) is 6. The minimum atomic E-state index is -0.323. The lowest BCUT2D eigenvalue weighted by atomic mass is 9.87. The number of rotatable bonds is 8. The van der Waals surface area contributed by atoms with Crippen molar-refractivity contribution < 1.29 is 9.53 Å². The second kappa shape index (κ2) is 12.9. The molecule has 4 N–H and O–H groups in total. The zero-order valence-corrected chi connectivity index (χ0v) is 23.9. The van der Waals surface area contributed by atoms with Gasteiger partial charge in [-0.3, -0.25) is 0 Å². The predicted molar refractivity (Wildman–Crippen MR) is 163 cm³/mol. The number of carbonyl (C=O) groups excluding carboxylic acids is 1. The van der Waals surface area contributed by atoms with Gasteiger partial charge in [0.25, 0.3) is 0 Å². The molecule has 3 heterocycles. The molecule has 2 fully saturated rings. The van der Waals surface area contributed by atoms with Crippen molar-refractivity contribution in [2.45, 2.75) is 82.1 Å². The first-order valence-electron chi connectivity index (χ1n) is 14.7. The molecule has 0 saturated heterocycles. The van der Waals surface area contributed by atoms with Gasteiger partial charge in [-0.15, -0.1) is 0 Å². The van der Waals surface area contributed by atoms with E-state index in [4.69, 9.17) is 16.3 Å². The van der Waals surface area contributed by atoms with Gasteiger partial charge < -0.3 is 25.7 Å². The van der Waals surface area contributed by atoms with E-state index in [2.05, 4.69) is 43.0 Å². The van der Waals surface area contributed by atoms with Crippen molar-refractivity contribution in [2.24, 2.45) is 0 Å². The molecule has 9 heteroatoms. The number of aromatic amines is 1. The van der Waals surface area contributed by atoms with Crippen LogP contribution in [0.4, 0.5) is 10.6 Å². The maximum absolute atomic E-state index is 12.2. The number of H-pyrrole nitrogens is 1. The number of ether oxygens (including phenoxy) is 1. The van der Waals surface area contributed by atoms with Crippen LogP contribution in [-0.2, 0) is 11.3 Å². The molecule has 0 aliphatic heterocycles. The summed E-state index contributed by atoms with van der Waals surface area (Å²) in [5.74, 6) is 0.815. The average molecular weight is 573 g/mol. The van der Waals surface area contributed by atoms with Gasteiger partial charge in [-0.25, -0.2) is 14.8 Å². The number of alkyl carbamates (subject to hydrolysis) is 1. The van der Waals surface area contributed by atoms with E-state index in [0.29, 0.717) is 29.9 Å². The van der Waals surface area contributed by atoms with Crippen molar-refractivity contribution in [1.82, 2.24) is 25.6 Å². The molecular formula is C32H37ClN6O2. The van der Waals surface area contributed by atoms with Crippen LogP contribution in [0.2, 0.25) is 5.15 Å². The van der Waals surface area contributed by atoms with Gasteiger partial charge in [0, 0.05) is 47.5 Å². The predicted octanol–water partition coefficient (Wildman–Crippen LogP) is 6.83. The second-order valence-corrected chi connectivity index (χ2v) is 11.7. The second-order valence-electron chi connectivity index (χ2n) is 11.3. The third kappa shape index (κ3) is 7.18. The van der Waals surface area contributed by atoms with Crippen molar-refractivity contribution in [3.63, 3.8) is 0 Å². The van der Waals surface area contributed by atoms with Crippen molar-refractivity contribution in [3.8, 4) is 11.1 Å². The van der Waals surface area contributed by atoms with Crippen molar-refractivity contribution in [2.75, 3.05) is 5.32 Å². The van der Waals surface area contributed by atoms with E-state index >= 15 is 0 Å². The lowest BCUT2D eigenvalue weighted by Gasteiger charge is -2.35. The van der Waals surface area contributed by atoms with Crippen LogP contribution in [0.25, 0.3) is 22.2 Å². The number of fused-ring (bicyclic) bond motifs is 1. The number of halogens is 1. The van der Waals surface area contributed by atoms with E-state index in [1.165, 1.54) is 0 Å². The number of benzene rings is 1. The molecule has 1 amide bonds. The summed E-state index contributed by atoms with van der Waals surface area (Å²) in [5.41, 5.74) is 3.96. The van der Waals surface area contributed by atoms with Crippen molar-refractivity contribution >= 4 is 34.5 Å². The smallest absolute Gasteiger partial charge is 0.407 e. The Labute approximate surface area is 245 Å². The summed E-state index contributed by atoms with van der Waals surface area (Å²) >= 11 is 6.43. The lowest BCUT2D eigenvalue weighted by molar-refractivity contribution is 0.131. The highest BCUT2D eigenvalue weighted by molar-refractivity contribution is 6.29. The van der Waals surface area contributed by atoms with Crippen LogP contribution in [0.5, 0.6) is 0 Å². The van der Waals surface area contributed by atoms with Crippen LogP contribution < -0.4 is 16.0 Å². The summed E-state index contributed by atoms with van der Waals surface area (Å²) < 4.78 is 5.39. The van der Waals surface area contributed by atoms with Gasteiger partial charge in [-0.05, 0) is 86.8 Å². The Hall–Kier alpha value is -3.62. The number of pyridine rings is 2. The van der Waals surface area contributed by atoms with Gasteiger partial charge in [0.2, 0.25) is 0 Å². The fourth-order valence-corrected chi connectivity index (χ4v) is 6.41. The molecule has 4 aromatic rings. The fourth-order valence-electron chi connectivity index (χ4n) is 6.20. The molecular weight excluding hydrogens is 536 g/mol. The number of anilines is 1. The largest absolute Gasteiger partial charge is 0.445 e. The maximum atomic E-state index is 12.2. The SMILES string of the molecule is O=C(NC1CCC(NC2CCC(Nc3cc(-c4c[nH]c5ncccc45)cc(Cl)n3)CC2)CC1)OCc1ccccc1. The topological polar surface area (TPSA) is 104 Å². The summed E-state index contributed by atoms with van der Waals surface area (Å²) in [6.07, 6.45) is 12.0. The monoisotopic (exact) mass is 572 g/mol. The van der Waals surface area contributed by atoms with Crippen LogP contribution in [-0.4, -0.2) is 45.2 Å². The standard InChI is InChI=1S/C32H37ClN6O2/c33-29-17-22(28-19-35-31-27(28)7-4-16-34-31)18-30(39-29)37-25-12-8-23(9-13-25)36-24-10-14-26(15-11-24)38-32(40)41-20-21-5-2-1-3-6-21/h1-7,16-19,23-26,36H,8-15,20H2,(H,34,35)(H,37,39)(H,38,40). The number of hydrogen-bond donors (Lipinski definition) is 4. The molecule has 2 aliphatic carbocycles. The Bertz CT molecular complexity index is 1450. The van der Waals surface area contributed by atoms with Crippen molar-refractivity contribution in [3.05, 3.63) is 77.7 Å². The van der Waals surface area contributed by atoms with Crippen LogP contribution >= 0.6 is 11.6 Å². The van der Waals surface area contributed by atoms with E-state index in [-0.39, 0.29) is 12.1 Å². The molecule has 41 heavy (non-hydrogen) atoms. The Morgan fingerprint density at radius 3 is 2.37 bits per heavy atom. The minimum Gasteiger partial charge on any atom is -0.445 e. The summed E-state index contributed by atoms with van der Waals surface area (Å²) in [6, 6.07) is 19.4. The molecule has 8 nitrogen and oxygen atoms in total. The molecule has 0 radical (unpaired) electrons. The fraction of sp³-hybridized carbons (Fsp3) is 0.406. The zero-order chi connectivity index (χ0) is 28.0. The average Bonchev–Trinajstić information content (AvgIpc) is 3.43. The first-order chi connectivity index (χ1) is 20.1. The number of aromatic nitrogens is 3. The van der Waals surface area contributed by atoms with Gasteiger partial charge in [0.05, 0.1) is 0 Å². The van der Waals surface area contributed by atoms with Crippen LogP contribution in [0.3, 0.4) is 0 Å². The Kier molecular flexibility index (Phi) is 8.68. The van der Waals surface area contributed by atoms with Crippen LogP contribution in [0, 0.1) is 0 Å². The lowest BCUT2D eigenvalue weighted by Crippen LogP contribution is -2.46. The molecule has 2 aliphatic rings. The van der Waals surface area contributed by atoms with Crippen LogP contribution in [0.15, 0.2) is 67.0 Å². The van der Waals surface area contributed by atoms with Gasteiger partial charge in [-0.1, -0.05) is 41.9 Å². The number of nitrogens with one attached hydrogen (secondary N) is 4. The molecule has 0 spiro atoms. The first-order valence-corrected chi connectivity index (χ1v) is 15.1. The number of carbonyl (C=O) groups is 1. The van der Waals surface area contributed by atoms with E-state index in [1.807, 2.05) is 48.7 Å². The number of nitrogens with zero attached hydrogens (tertiary/aromatic N) is 2. The molecule has 0 bridgehead atoms. The van der Waals surface area contributed by atoms with Gasteiger partial charge in [0.1, 0.15) is 23.2 Å². The number of amides is 1. The summed E-state index contributed by atoms with van der Waals surface area (Å²) in [4.78, 5) is 24.4. The Morgan fingerprint density at radius 1 is 0.902 bits per heavy atom. The van der Waals surface area contributed by atoms with Crippen molar-refractivity contribution in [1.29, 1.82) is 0 Å². The summed E-state index contributed by atoms with van der Waals surface area (Å²) in [6.45, 7) is 0.303. The Morgan fingerprint density at radius 2 is 1.61 bits per heavy atom. The molecule has 1 aromatic carbocycles. The first kappa shape index (κ1) is 27.5. The minimum absolute atomic E-state index is 0.187. The quantitative estimate of drug-likeness (QED) is 0.173. The van der Waals surface area contributed by atoms with E-state index < -0.39 is 0 Å². The zero-order valence-electron chi connectivity index (χ0n) is 23.1. The third-order valence-corrected chi connectivity index (χ3v) is 8.56. The summed E-state index contributed by atoms with van der Waals surface area (Å²) in [5, 5.41) is 12.1. The highest BCUT2D eigenvalue weighted by Crippen LogP contribution is 2.32. The van der Waals surface area contributed by atoms with Gasteiger partial charge >= 0.3 is 6.09 Å². The molecule has 0 atom stereocenters. The highest BCUT2D eigenvalue weighted by atomic mass is 35.5. The van der Waals surface area contributed by atoms with E-state index in [9.17, 15) is 4.79 Å². The third-order valence-electron chi connectivity index (χ3n) is 8.37. The molecule has 0 unspecified atom stereocenters. The summed E-state index contributed by atoms with van der Waals surface area (Å²) in [7, 11) is 0. The Balaban J connectivity index is 0.932. The van der Waals surface area contributed by atoms with E-state index in [1.54, 1.807) is 6.20 Å². The van der Waals surface area contributed by atoms with E-state index in [0.717, 1.165) is 84.9 Å². The molecule has 3 aromatic heterocycles. The molecule has 2 saturated carbocycles. The maximum Gasteiger partial charge on any atom is 0.407 e. The highest BCUT2D eigenvalue weighted by Gasteiger charge is 2.27. The van der Waals surface area contributed by atoms with Gasteiger partial charge in [-0.2, -0.15) is 0 Å². The molecule has 214 valence electrons.